The molecule has 0 atom stereocenters. The number of carbonyl (C=O) groups is 1. The van der Waals surface area contributed by atoms with Crippen molar-refractivity contribution in [3.63, 3.8) is 0 Å². The number of anilines is 1. The summed E-state index contributed by atoms with van der Waals surface area (Å²) in [6, 6.07) is 9.78. The number of halogens is 1. The van der Waals surface area contributed by atoms with E-state index in [-0.39, 0.29) is 17.0 Å². The number of phenolic OH excluding ortho intramolecular Hbond substituents is 1. The van der Waals surface area contributed by atoms with Crippen molar-refractivity contribution in [3.05, 3.63) is 60.2 Å². The molecule has 110 valence electrons. The number of hydrogen-bond donors (Lipinski definition) is 2. The zero-order chi connectivity index (χ0) is 15.5. The molecule has 0 radical (unpaired) electrons. The lowest BCUT2D eigenvalue weighted by molar-refractivity contribution is 0.102. The van der Waals surface area contributed by atoms with Crippen molar-refractivity contribution in [2.75, 3.05) is 5.32 Å². The van der Waals surface area contributed by atoms with Crippen LogP contribution in [0.5, 0.6) is 5.75 Å². The van der Waals surface area contributed by atoms with E-state index in [1.54, 1.807) is 12.1 Å². The molecule has 1 heterocycles. The van der Waals surface area contributed by atoms with E-state index in [1.807, 2.05) is 0 Å². The maximum Gasteiger partial charge on any atom is 0.257 e. The van der Waals surface area contributed by atoms with Crippen molar-refractivity contribution in [3.8, 4) is 11.4 Å². The Kier molecular flexibility index (Phi) is 3.48. The molecule has 0 saturated heterocycles. The lowest BCUT2D eigenvalue weighted by Gasteiger charge is -2.10. The Labute approximate surface area is 124 Å². The molecule has 2 aromatic carbocycles. The number of aromatic hydroxyl groups is 1. The highest BCUT2D eigenvalue weighted by Crippen LogP contribution is 2.19. The molecule has 0 aliphatic carbocycles. The van der Waals surface area contributed by atoms with Crippen LogP contribution in [0.25, 0.3) is 5.69 Å². The Hall–Kier alpha value is -3.29. The van der Waals surface area contributed by atoms with E-state index in [4.69, 9.17) is 0 Å². The maximum absolute atomic E-state index is 13.4. The second-order valence-corrected chi connectivity index (χ2v) is 4.42. The van der Waals surface area contributed by atoms with Gasteiger partial charge >= 0.3 is 0 Å². The average molecular weight is 299 g/mol. The monoisotopic (exact) mass is 299 g/mol. The van der Waals surface area contributed by atoms with E-state index >= 15 is 0 Å². The van der Waals surface area contributed by atoms with Crippen LogP contribution >= 0.6 is 0 Å². The van der Waals surface area contributed by atoms with Gasteiger partial charge in [0.05, 0.1) is 11.3 Å². The van der Waals surface area contributed by atoms with Gasteiger partial charge in [0.15, 0.2) is 0 Å². The molecule has 0 fully saturated rings. The number of nitrogens with one attached hydrogen (secondary N) is 1. The first-order valence-electron chi connectivity index (χ1n) is 6.27. The van der Waals surface area contributed by atoms with E-state index in [2.05, 4.69) is 20.8 Å². The molecular formula is C14H10FN5O2. The second-order valence-electron chi connectivity index (χ2n) is 4.42. The van der Waals surface area contributed by atoms with Gasteiger partial charge in [-0.25, -0.2) is 4.39 Å². The molecule has 3 aromatic rings. The Morgan fingerprint density at radius 3 is 2.82 bits per heavy atom. The van der Waals surface area contributed by atoms with Crippen molar-refractivity contribution in [1.29, 1.82) is 0 Å². The van der Waals surface area contributed by atoms with Crippen LogP contribution in [0.3, 0.4) is 0 Å². The minimum atomic E-state index is -0.514. The van der Waals surface area contributed by atoms with Crippen LogP contribution in [0.4, 0.5) is 10.1 Å². The largest absolute Gasteiger partial charge is 0.508 e. The molecule has 1 amide bonds. The van der Waals surface area contributed by atoms with Gasteiger partial charge in [0.25, 0.3) is 5.91 Å². The van der Waals surface area contributed by atoms with E-state index < -0.39 is 11.7 Å². The van der Waals surface area contributed by atoms with Crippen molar-refractivity contribution in [1.82, 2.24) is 20.2 Å². The number of benzene rings is 2. The molecule has 2 N–H and O–H groups in total. The minimum Gasteiger partial charge on any atom is -0.508 e. The first-order valence-corrected chi connectivity index (χ1v) is 6.27. The summed E-state index contributed by atoms with van der Waals surface area (Å²) in [6.45, 7) is 0. The SMILES string of the molecule is O=C(Nc1cccc(O)c1)c1ccc(F)cc1-n1cnnn1. The van der Waals surface area contributed by atoms with E-state index in [9.17, 15) is 14.3 Å². The zero-order valence-corrected chi connectivity index (χ0v) is 11.1. The lowest BCUT2D eigenvalue weighted by atomic mass is 10.1. The average Bonchev–Trinajstić information content (AvgIpc) is 3.01. The second kappa shape index (κ2) is 5.60. The highest BCUT2D eigenvalue weighted by atomic mass is 19.1. The van der Waals surface area contributed by atoms with Gasteiger partial charge < -0.3 is 10.4 Å². The number of rotatable bonds is 3. The van der Waals surface area contributed by atoms with Crippen molar-refractivity contribution >= 4 is 11.6 Å². The molecule has 7 nitrogen and oxygen atoms in total. The zero-order valence-electron chi connectivity index (χ0n) is 11.1. The molecule has 22 heavy (non-hydrogen) atoms. The summed E-state index contributed by atoms with van der Waals surface area (Å²) < 4.78 is 14.6. The summed E-state index contributed by atoms with van der Waals surface area (Å²) in [5.74, 6) is -0.965. The first kappa shape index (κ1) is 13.7. The highest BCUT2D eigenvalue weighted by Gasteiger charge is 2.15. The van der Waals surface area contributed by atoms with Crippen LogP contribution in [-0.2, 0) is 0 Å². The van der Waals surface area contributed by atoms with Gasteiger partial charge in [-0.3, -0.25) is 4.79 Å². The number of tetrazole rings is 1. The van der Waals surface area contributed by atoms with Gasteiger partial charge in [0.1, 0.15) is 17.9 Å². The summed E-state index contributed by atoms with van der Waals surface area (Å²) in [4.78, 5) is 12.4. The number of hydrogen-bond acceptors (Lipinski definition) is 5. The Morgan fingerprint density at radius 2 is 2.09 bits per heavy atom. The van der Waals surface area contributed by atoms with Gasteiger partial charge in [-0.1, -0.05) is 6.07 Å². The summed E-state index contributed by atoms with van der Waals surface area (Å²) in [6.07, 6.45) is 1.26. The number of phenols is 1. The third-order valence-corrected chi connectivity index (χ3v) is 2.90. The van der Waals surface area contributed by atoms with E-state index in [1.165, 1.54) is 35.3 Å². The third kappa shape index (κ3) is 2.75. The highest BCUT2D eigenvalue weighted by molar-refractivity contribution is 6.06. The first-order chi connectivity index (χ1) is 10.6. The van der Waals surface area contributed by atoms with Gasteiger partial charge in [0.2, 0.25) is 0 Å². The molecule has 8 heteroatoms. The fraction of sp³-hybridized carbons (Fsp3) is 0. The molecule has 1 aromatic heterocycles. The molecule has 0 aliphatic rings. The van der Waals surface area contributed by atoms with Crippen LogP contribution in [0.15, 0.2) is 48.8 Å². The summed E-state index contributed by atoms with van der Waals surface area (Å²) in [7, 11) is 0. The van der Waals surface area contributed by atoms with Crippen molar-refractivity contribution in [2.24, 2.45) is 0 Å². The summed E-state index contributed by atoms with van der Waals surface area (Å²) in [5, 5.41) is 22.6. The lowest BCUT2D eigenvalue weighted by Crippen LogP contribution is -2.15. The van der Waals surface area contributed by atoms with Crippen LogP contribution in [0.1, 0.15) is 10.4 Å². The molecule has 3 rings (SSSR count). The standard InChI is InChI=1S/C14H10FN5O2/c15-9-4-5-12(13(6-9)20-8-16-18-19-20)14(22)17-10-2-1-3-11(21)7-10/h1-8,21H,(H,17,22). The van der Waals surface area contributed by atoms with E-state index in [0.29, 0.717) is 5.69 Å². The number of nitrogens with zero attached hydrogens (tertiary/aromatic N) is 4. The summed E-state index contributed by atoms with van der Waals surface area (Å²) >= 11 is 0. The van der Waals surface area contributed by atoms with Crippen LogP contribution in [0, 0.1) is 5.82 Å². The fourth-order valence-corrected chi connectivity index (χ4v) is 1.94. The topological polar surface area (TPSA) is 92.9 Å². The van der Waals surface area contributed by atoms with Gasteiger partial charge in [-0.15, -0.1) is 5.10 Å². The van der Waals surface area contributed by atoms with Crippen LogP contribution in [-0.4, -0.2) is 31.2 Å². The molecule has 0 unspecified atom stereocenters. The van der Waals surface area contributed by atoms with Crippen molar-refractivity contribution < 1.29 is 14.3 Å². The van der Waals surface area contributed by atoms with Gasteiger partial charge in [-0.2, -0.15) is 4.68 Å². The Morgan fingerprint density at radius 1 is 1.23 bits per heavy atom. The Bertz CT molecular complexity index is 820. The quantitative estimate of drug-likeness (QED) is 0.768. The summed E-state index contributed by atoms with van der Waals surface area (Å²) in [5.41, 5.74) is 0.816. The maximum atomic E-state index is 13.4. The van der Waals surface area contributed by atoms with E-state index in [0.717, 1.165) is 6.07 Å². The number of amides is 1. The molecular weight excluding hydrogens is 289 g/mol. The normalized spacial score (nSPS) is 10.4. The van der Waals surface area contributed by atoms with Gasteiger partial charge in [0, 0.05) is 17.8 Å². The molecule has 0 saturated carbocycles. The Balaban J connectivity index is 1.96. The smallest absolute Gasteiger partial charge is 0.257 e. The fourth-order valence-electron chi connectivity index (χ4n) is 1.94. The molecule has 0 aliphatic heterocycles. The van der Waals surface area contributed by atoms with Crippen LogP contribution in [0.2, 0.25) is 0 Å². The third-order valence-electron chi connectivity index (χ3n) is 2.90. The van der Waals surface area contributed by atoms with Crippen molar-refractivity contribution in [2.45, 2.75) is 0 Å². The molecule has 0 bridgehead atoms. The van der Waals surface area contributed by atoms with Gasteiger partial charge in [-0.05, 0) is 34.7 Å². The minimum absolute atomic E-state index is 0.0256. The number of aromatic nitrogens is 4. The van der Waals surface area contributed by atoms with Crippen LogP contribution < -0.4 is 5.32 Å². The predicted octanol–water partition coefficient (Wildman–Crippen LogP) is 1.76. The predicted molar refractivity (Wildman–Crippen MR) is 75.2 cm³/mol. The number of carbonyl (C=O) groups excluding carboxylic acids is 1. The molecule has 0 spiro atoms.